The first-order chi connectivity index (χ1) is 12.2. The van der Waals surface area contributed by atoms with Gasteiger partial charge in [0.1, 0.15) is 11.9 Å². The van der Waals surface area contributed by atoms with E-state index in [1.54, 1.807) is 7.05 Å². The number of anilines is 2. The van der Waals surface area contributed by atoms with E-state index in [4.69, 9.17) is 0 Å². The lowest BCUT2D eigenvalue weighted by Crippen LogP contribution is -2.62. The molecule has 0 N–H and O–H groups in total. The second-order valence-electron chi connectivity index (χ2n) is 6.95. The maximum absolute atomic E-state index is 15.0. The summed E-state index contributed by atoms with van der Waals surface area (Å²) in [4.78, 5) is 39.4. The van der Waals surface area contributed by atoms with Crippen LogP contribution in [0.25, 0.3) is 11.0 Å². The Morgan fingerprint density at radius 1 is 1.19 bits per heavy atom. The van der Waals surface area contributed by atoms with Gasteiger partial charge in [0, 0.05) is 26.2 Å². The topological polar surface area (TPSA) is 74.6 Å². The highest BCUT2D eigenvalue weighted by Gasteiger charge is 2.43. The third-order valence-corrected chi connectivity index (χ3v) is 5.98. The van der Waals surface area contributed by atoms with Gasteiger partial charge in [-0.2, -0.15) is 4.98 Å². The number of pyridine rings is 1. The van der Waals surface area contributed by atoms with Crippen LogP contribution < -0.4 is 15.5 Å². The lowest BCUT2D eigenvalue weighted by atomic mass is 10.1. The van der Waals surface area contributed by atoms with Crippen LogP contribution in [0.3, 0.4) is 0 Å². The summed E-state index contributed by atoms with van der Waals surface area (Å²) in [5.41, 5.74) is 0.106. The molecule has 1 fully saturated rings. The van der Waals surface area contributed by atoms with Gasteiger partial charge in [0.15, 0.2) is 11.5 Å². The first kappa shape index (κ1) is 17.6. The molecule has 0 aromatic carbocycles. The van der Waals surface area contributed by atoms with Crippen LogP contribution in [0.5, 0.6) is 0 Å². The van der Waals surface area contributed by atoms with Gasteiger partial charge in [0.05, 0.1) is 39.6 Å². The van der Waals surface area contributed by atoms with Crippen molar-refractivity contribution < 1.29 is 9.18 Å². The third kappa shape index (κ3) is 2.27. The fourth-order valence-electron chi connectivity index (χ4n) is 3.97. The molecular weight excluding hydrogens is 454 g/mol. The Kier molecular flexibility index (Phi) is 3.95. The van der Waals surface area contributed by atoms with E-state index >= 15 is 4.39 Å². The molecule has 1 saturated heterocycles. The van der Waals surface area contributed by atoms with E-state index in [-0.39, 0.29) is 23.3 Å². The standard InChI is InChI=1S/C16H18FIN6O2/c1-7-5-21(3)6-9-15(25)22(4)12-10-13(23(7)9)20-16(26)24(18)14(10)19-8(2)11(12)17/h7,9H,5-6H2,1-4H3. The van der Waals surface area contributed by atoms with Crippen molar-refractivity contribution in [2.45, 2.75) is 25.9 Å². The molecule has 0 bridgehead atoms. The Labute approximate surface area is 163 Å². The van der Waals surface area contributed by atoms with Crippen LogP contribution in [0.2, 0.25) is 0 Å². The van der Waals surface area contributed by atoms with Crippen LogP contribution in [0, 0.1) is 12.7 Å². The number of piperazine rings is 1. The van der Waals surface area contributed by atoms with E-state index in [1.807, 2.05) is 41.7 Å². The minimum Gasteiger partial charge on any atom is -0.338 e. The monoisotopic (exact) mass is 472 g/mol. The lowest BCUT2D eigenvalue weighted by molar-refractivity contribution is -0.120. The maximum Gasteiger partial charge on any atom is 0.360 e. The molecule has 4 heterocycles. The fraction of sp³-hybridized carbons (Fsp3) is 0.500. The molecule has 2 aliphatic rings. The molecule has 1 amide bonds. The second kappa shape index (κ2) is 5.84. The summed E-state index contributed by atoms with van der Waals surface area (Å²) in [5, 5.41) is 0.400. The number of hydrogen-bond acceptors (Lipinski definition) is 6. The van der Waals surface area contributed by atoms with Crippen molar-refractivity contribution >= 4 is 51.3 Å². The molecule has 4 rings (SSSR count). The van der Waals surface area contributed by atoms with E-state index in [2.05, 4.69) is 14.9 Å². The van der Waals surface area contributed by atoms with Crippen LogP contribution in [0.1, 0.15) is 12.6 Å². The van der Waals surface area contributed by atoms with E-state index in [0.717, 1.165) is 0 Å². The molecule has 26 heavy (non-hydrogen) atoms. The Bertz CT molecular complexity index is 1010. The van der Waals surface area contributed by atoms with Crippen LogP contribution in [-0.4, -0.2) is 62.8 Å². The molecule has 138 valence electrons. The lowest BCUT2D eigenvalue weighted by Gasteiger charge is -2.44. The predicted molar refractivity (Wildman–Crippen MR) is 105 cm³/mol. The van der Waals surface area contributed by atoms with Crippen molar-refractivity contribution in [1.82, 2.24) is 17.6 Å². The van der Waals surface area contributed by atoms with E-state index in [1.165, 1.54) is 14.6 Å². The zero-order chi connectivity index (χ0) is 18.9. The number of hydrogen-bond donors (Lipinski definition) is 0. The van der Waals surface area contributed by atoms with Gasteiger partial charge in [0.25, 0.3) is 5.91 Å². The summed E-state index contributed by atoms with van der Waals surface area (Å²) >= 11 is 1.81. The average Bonchev–Trinajstić information content (AvgIpc) is 2.66. The number of rotatable bonds is 0. The van der Waals surface area contributed by atoms with Crippen LogP contribution >= 0.6 is 22.9 Å². The highest BCUT2D eigenvalue weighted by molar-refractivity contribution is 14.1. The summed E-state index contributed by atoms with van der Waals surface area (Å²) in [5.74, 6) is -0.449. The number of carbonyl (C=O) groups excluding carboxylic acids is 1. The highest BCUT2D eigenvalue weighted by Crippen LogP contribution is 2.40. The molecule has 2 atom stereocenters. The SMILES string of the molecule is Cc1nc2c3c(nc(=O)n2I)N2C(C)CN(C)CC2C(=O)N(C)c3c1F. The van der Waals surface area contributed by atoms with Gasteiger partial charge in [-0.25, -0.2) is 16.9 Å². The number of aryl methyl sites for hydroxylation is 1. The Morgan fingerprint density at radius 3 is 2.58 bits per heavy atom. The smallest absolute Gasteiger partial charge is 0.338 e. The zero-order valence-electron chi connectivity index (χ0n) is 14.8. The molecule has 0 radical (unpaired) electrons. The zero-order valence-corrected chi connectivity index (χ0v) is 17.0. The highest BCUT2D eigenvalue weighted by atomic mass is 127. The minimum atomic E-state index is -0.563. The van der Waals surface area contributed by atoms with Gasteiger partial charge in [-0.1, -0.05) is 0 Å². The Morgan fingerprint density at radius 2 is 1.88 bits per heavy atom. The first-order valence-corrected chi connectivity index (χ1v) is 9.22. The summed E-state index contributed by atoms with van der Waals surface area (Å²) in [7, 11) is 3.51. The van der Waals surface area contributed by atoms with E-state index in [9.17, 15) is 9.59 Å². The van der Waals surface area contributed by atoms with Gasteiger partial charge in [-0.05, 0) is 20.9 Å². The van der Waals surface area contributed by atoms with Crippen molar-refractivity contribution in [2.75, 3.05) is 37.0 Å². The van der Waals surface area contributed by atoms with Gasteiger partial charge in [-0.15, -0.1) is 0 Å². The molecule has 10 heteroatoms. The molecule has 2 aliphatic heterocycles. The molecule has 2 aromatic rings. The van der Waals surface area contributed by atoms with Crippen molar-refractivity contribution in [2.24, 2.45) is 0 Å². The molecule has 0 aliphatic carbocycles. The number of likely N-dealkylation sites (N-methyl/N-ethyl adjacent to an activating group) is 2. The van der Waals surface area contributed by atoms with Gasteiger partial charge in [0.2, 0.25) is 0 Å². The van der Waals surface area contributed by atoms with Crippen molar-refractivity contribution in [3.8, 4) is 0 Å². The average molecular weight is 472 g/mol. The molecule has 8 nitrogen and oxygen atoms in total. The van der Waals surface area contributed by atoms with Crippen molar-refractivity contribution in [1.29, 1.82) is 0 Å². The third-order valence-electron chi connectivity index (χ3n) is 5.11. The molecule has 0 spiro atoms. The first-order valence-electron chi connectivity index (χ1n) is 8.25. The predicted octanol–water partition coefficient (Wildman–Crippen LogP) is 0.922. The summed E-state index contributed by atoms with van der Waals surface area (Å²) in [6, 6.07) is -0.604. The number of fused-ring (bicyclic) bond motifs is 2. The van der Waals surface area contributed by atoms with E-state index in [0.29, 0.717) is 29.9 Å². The van der Waals surface area contributed by atoms with Gasteiger partial charge >= 0.3 is 5.69 Å². The summed E-state index contributed by atoms with van der Waals surface area (Å²) in [6.45, 7) is 4.69. The fourth-order valence-corrected chi connectivity index (χ4v) is 4.43. The minimum absolute atomic E-state index is 0.0634. The Hall–Kier alpha value is -1.82. The van der Waals surface area contributed by atoms with Crippen LogP contribution in [0.4, 0.5) is 15.9 Å². The largest absolute Gasteiger partial charge is 0.360 e. The number of carbonyl (C=O) groups is 1. The van der Waals surface area contributed by atoms with Crippen molar-refractivity contribution in [3.63, 3.8) is 0 Å². The number of amides is 1. The maximum atomic E-state index is 15.0. The van der Waals surface area contributed by atoms with Gasteiger partial charge in [-0.3, -0.25) is 4.79 Å². The Balaban J connectivity index is 2.17. The van der Waals surface area contributed by atoms with Crippen LogP contribution in [0.15, 0.2) is 4.79 Å². The summed E-state index contributed by atoms with van der Waals surface area (Å²) < 4.78 is 16.3. The quantitative estimate of drug-likeness (QED) is 0.532. The second-order valence-corrected chi connectivity index (χ2v) is 7.91. The van der Waals surface area contributed by atoms with Crippen LogP contribution in [-0.2, 0) is 4.79 Å². The molecule has 2 unspecified atom stereocenters. The summed E-state index contributed by atoms with van der Waals surface area (Å²) in [6.07, 6.45) is 0. The normalized spacial score (nSPS) is 23.4. The number of aromatic nitrogens is 3. The van der Waals surface area contributed by atoms with Crippen molar-refractivity contribution in [3.05, 3.63) is 22.0 Å². The molecular formula is C16H18FIN6O2. The number of halogens is 2. The molecule has 2 aromatic heterocycles. The van der Waals surface area contributed by atoms with E-state index < -0.39 is 17.5 Å². The van der Waals surface area contributed by atoms with Gasteiger partial charge < -0.3 is 14.7 Å². The molecule has 0 saturated carbocycles. The number of nitrogens with zero attached hydrogens (tertiary/aromatic N) is 6.